The minimum absolute atomic E-state index is 0.256. The number of nitrogens with zero attached hydrogens (tertiary/aromatic N) is 1. The maximum atomic E-state index is 12.4. The molecule has 1 aliphatic rings. The summed E-state index contributed by atoms with van der Waals surface area (Å²) in [4.78, 5) is 25.2. The van der Waals surface area contributed by atoms with Crippen LogP contribution in [-0.2, 0) is 19.0 Å². The average Bonchev–Trinajstić information content (AvgIpc) is 2.52. The Balaban J connectivity index is 3.01. The lowest BCUT2D eigenvalue weighted by Crippen LogP contribution is -2.49. The Morgan fingerprint density at radius 2 is 1.86 bits per heavy atom. The molecule has 1 rings (SSSR count). The Bertz CT molecular complexity index is 436. The zero-order valence-corrected chi connectivity index (χ0v) is 13.8. The molecule has 1 amide bonds. The first-order valence-corrected chi connectivity index (χ1v) is 6.94. The standard InChI is InChI=1S/C15H25NO5/c1-10-11(8-9-12(17)19-7)16(15(5,6)20-10)13(18)21-14(2,3)4/h8-11H,1-7H3/b9-8+/t10-,11-/m1/s1. The van der Waals surface area contributed by atoms with Gasteiger partial charge in [-0.3, -0.25) is 4.90 Å². The molecular weight excluding hydrogens is 274 g/mol. The van der Waals surface area contributed by atoms with Crippen molar-refractivity contribution in [2.24, 2.45) is 0 Å². The lowest BCUT2D eigenvalue weighted by atomic mass is 10.1. The fourth-order valence-electron chi connectivity index (χ4n) is 2.29. The molecule has 0 bridgehead atoms. The van der Waals surface area contributed by atoms with E-state index in [0.717, 1.165) is 0 Å². The Labute approximate surface area is 126 Å². The number of hydrogen-bond acceptors (Lipinski definition) is 5. The van der Waals surface area contributed by atoms with Gasteiger partial charge in [-0.2, -0.15) is 0 Å². The van der Waals surface area contributed by atoms with E-state index in [1.807, 2.05) is 6.92 Å². The summed E-state index contributed by atoms with van der Waals surface area (Å²) in [6.45, 7) is 10.8. The van der Waals surface area contributed by atoms with E-state index in [0.29, 0.717) is 0 Å². The summed E-state index contributed by atoms with van der Waals surface area (Å²) in [7, 11) is 1.30. The molecule has 0 N–H and O–H groups in total. The maximum absolute atomic E-state index is 12.4. The van der Waals surface area contributed by atoms with Crippen molar-refractivity contribution in [2.45, 2.75) is 65.0 Å². The minimum Gasteiger partial charge on any atom is -0.466 e. The summed E-state index contributed by atoms with van der Waals surface area (Å²) in [5.41, 5.74) is -1.41. The van der Waals surface area contributed by atoms with Crippen LogP contribution in [0.4, 0.5) is 4.79 Å². The molecule has 0 aromatic carbocycles. The summed E-state index contributed by atoms with van der Waals surface area (Å²) in [6, 6.07) is -0.394. The Kier molecular flexibility index (Phi) is 5.04. The third kappa shape index (κ3) is 4.46. The van der Waals surface area contributed by atoms with Crippen molar-refractivity contribution in [3.63, 3.8) is 0 Å². The highest BCUT2D eigenvalue weighted by atomic mass is 16.6. The van der Waals surface area contributed by atoms with E-state index in [4.69, 9.17) is 9.47 Å². The molecule has 2 atom stereocenters. The van der Waals surface area contributed by atoms with Crippen molar-refractivity contribution in [2.75, 3.05) is 7.11 Å². The highest BCUT2D eigenvalue weighted by molar-refractivity contribution is 5.82. The molecule has 21 heavy (non-hydrogen) atoms. The number of methoxy groups -OCH3 is 1. The van der Waals surface area contributed by atoms with Crippen LogP contribution in [-0.4, -0.2) is 47.5 Å². The molecule has 6 nitrogen and oxygen atoms in total. The molecule has 0 saturated carbocycles. The number of carbonyl (C=O) groups is 2. The predicted molar refractivity (Wildman–Crippen MR) is 77.6 cm³/mol. The second-order valence-corrected chi connectivity index (χ2v) is 6.49. The van der Waals surface area contributed by atoms with Gasteiger partial charge in [0.1, 0.15) is 11.3 Å². The van der Waals surface area contributed by atoms with E-state index in [2.05, 4.69) is 4.74 Å². The quantitative estimate of drug-likeness (QED) is 0.579. The van der Waals surface area contributed by atoms with Crippen LogP contribution in [0, 0.1) is 0 Å². The predicted octanol–water partition coefficient (Wildman–Crippen LogP) is 2.48. The smallest absolute Gasteiger partial charge is 0.413 e. The van der Waals surface area contributed by atoms with Gasteiger partial charge in [0, 0.05) is 6.08 Å². The minimum atomic E-state index is -0.813. The number of carbonyl (C=O) groups excluding carboxylic acids is 2. The monoisotopic (exact) mass is 299 g/mol. The molecule has 0 aromatic heterocycles. The third-order valence-corrected chi connectivity index (χ3v) is 3.05. The largest absolute Gasteiger partial charge is 0.466 e. The van der Waals surface area contributed by atoms with Crippen LogP contribution in [0.15, 0.2) is 12.2 Å². The van der Waals surface area contributed by atoms with Gasteiger partial charge in [-0.25, -0.2) is 9.59 Å². The first-order valence-electron chi connectivity index (χ1n) is 6.94. The van der Waals surface area contributed by atoms with Crippen LogP contribution in [0.25, 0.3) is 0 Å². The van der Waals surface area contributed by atoms with Crippen molar-refractivity contribution >= 4 is 12.1 Å². The highest BCUT2D eigenvalue weighted by Gasteiger charge is 2.48. The van der Waals surface area contributed by atoms with Crippen LogP contribution >= 0.6 is 0 Å². The van der Waals surface area contributed by atoms with Crippen molar-refractivity contribution in [3.05, 3.63) is 12.2 Å². The van der Waals surface area contributed by atoms with Crippen LogP contribution in [0.3, 0.4) is 0 Å². The van der Waals surface area contributed by atoms with Crippen molar-refractivity contribution in [3.8, 4) is 0 Å². The number of rotatable bonds is 2. The first-order chi connectivity index (χ1) is 9.48. The normalized spacial score (nSPS) is 25.2. The Hall–Kier alpha value is -1.56. The molecule has 1 saturated heterocycles. The second kappa shape index (κ2) is 6.05. The van der Waals surface area contributed by atoms with Crippen LogP contribution in [0.2, 0.25) is 0 Å². The van der Waals surface area contributed by atoms with Gasteiger partial charge in [0.15, 0.2) is 0 Å². The van der Waals surface area contributed by atoms with Gasteiger partial charge in [0.25, 0.3) is 0 Å². The fourth-order valence-corrected chi connectivity index (χ4v) is 2.29. The molecule has 0 aromatic rings. The van der Waals surface area contributed by atoms with Crippen molar-refractivity contribution < 1.29 is 23.8 Å². The molecule has 6 heteroatoms. The third-order valence-electron chi connectivity index (χ3n) is 3.05. The SMILES string of the molecule is COC(=O)/C=C/[C@@H]1[C@@H](C)OC(C)(C)N1C(=O)OC(C)(C)C. The number of amides is 1. The van der Waals surface area contributed by atoms with E-state index < -0.39 is 29.4 Å². The number of ether oxygens (including phenoxy) is 3. The molecule has 0 radical (unpaired) electrons. The lowest BCUT2D eigenvalue weighted by molar-refractivity contribution is -0.134. The van der Waals surface area contributed by atoms with E-state index in [1.54, 1.807) is 40.7 Å². The van der Waals surface area contributed by atoms with Gasteiger partial charge in [-0.1, -0.05) is 6.08 Å². The van der Waals surface area contributed by atoms with Gasteiger partial charge in [0.2, 0.25) is 0 Å². The van der Waals surface area contributed by atoms with E-state index in [-0.39, 0.29) is 6.10 Å². The molecule has 0 aliphatic carbocycles. The zero-order valence-electron chi connectivity index (χ0n) is 13.8. The Morgan fingerprint density at radius 3 is 2.33 bits per heavy atom. The van der Waals surface area contributed by atoms with Gasteiger partial charge < -0.3 is 14.2 Å². The lowest BCUT2D eigenvalue weighted by Gasteiger charge is -2.34. The van der Waals surface area contributed by atoms with Gasteiger partial charge in [0.05, 0.1) is 19.3 Å². The van der Waals surface area contributed by atoms with E-state index in [1.165, 1.54) is 18.1 Å². The fraction of sp³-hybridized carbons (Fsp3) is 0.733. The van der Waals surface area contributed by atoms with Gasteiger partial charge in [-0.05, 0) is 41.5 Å². The molecule has 1 aliphatic heterocycles. The molecule has 1 heterocycles. The van der Waals surface area contributed by atoms with Crippen LogP contribution < -0.4 is 0 Å². The van der Waals surface area contributed by atoms with E-state index in [9.17, 15) is 9.59 Å². The van der Waals surface area contributed by atoms with Crippen LogP contribution in [0.1, 0.15) is 41.5 Å². The average molecular weight is 299 g/mol. The summed E-state index contributed by atoms with van der Waals surface area (Å²) < 4.78 is 15.8. The summed E-state index contributed by atoms with van der Waals surface area (Å²) >= 11 is 0. The highest BCUT2D eigenvalue weighted by Crippen LogP contribution is 2.34. The molecule has 1 fully saturated rings. The number of hydrogen-bond donors (Lipinski definition) is 0. The molecule has 120 valence electrons. The van der Waals surface area contributed by atoms with Crippen molar-refractivity contribution in [1.29, 1.82) is 0 Å². The van der Waals surface area contributed by atoms with Crippen LogP contribution in [0.5, 0.6) is 0 Å². The van der Waals surface area contributed by atoms with Gasteiger partial charge in [-0.15, -0.1) is 0 Å². The summed E-state index contributed by atoms with van der Waals surface area (Å²) in [5.74, 6) is -0.476. The maximum Gasteiger partial charge on any atom is 0.413 e. The second-order valence-electron chi connectivity index (χ2n) is 6.49. The zero-order chi connectivity index (χ0) is 16.4. The molecular formula is C15H25NO5. The first kappa shape index (κ1) is 17.5. The van der Waals surface area contributed by atoms with Crippen molar-refractivity contribution in [1.82, 2.24) is 4.90 Å². The molecule has 0 spiro atoms. The molecule has 0 unspecified atom stereocenters. The van der Waals surface area contributed by atoms with Gasteiger partial charge >= 0.3 is 12.1 Å². The topological polar surface area (TPSA) is 65.1 Å². The Morgan fingerprint density at radius 1 is 1.29 bits per heavy atom. The number of esters is 1. The summed E-state index contributed by atoms with van der Waals surface area (Å²) in [6.07, 6.45) is 2.17. The van der Waals surface area contributed by atoms with E-state index >= 15 is 0 Å². The summed E-state index contributed by atoms with van der Waals surface area (Å²) in [5, 5.41) is 0.